The van der Waals surface area contributed by atoms with Gasteiger partial charge in [-0.2, -0.15) is 4.98 Å². The quantitative estimate of drug-likeness (QED) is 0.479. The molecule has 9 heteroatoms. The van der Waals surface area contributed by atoms with Crippen molar-refractivity contribution in [2.75, 3.05) is 66.8 Å². The Kier molecular flexibility index (Phi) is 6.93. The molecule has 2 aromatic heterocycles. The molecule has 0 atom stereocenters. The fourth-order valence-corrected chi connectivity index (χ4v) is 5.77. The summed E-state index contributed by atoms with van der Waals surface area (Å²) in [5.74, 6) is 3.86. The zero-order valence-corrected chi connectivity index (χ0v) is 22.7. The molecule has 9 nitrogen and oxygen atoms in total. The Hall–Kier alpha value is -3.59. The third-order valence-electron chi connectivity index (χ3n) is 7.98. The average Bonchev–Trinajstić information content (AvgIpc) is 3.46. The van der Waals surface area contributed by atoms with Crippen LogP contribution in [0.2, 0.25) is 0 Å². The summed E-state index contributed by atoms with van der Waals surface area (Å²) in [4.78, 5) is 21.6. The summed E-state index contributed by atoms with van der Waals surface area (Å²) in [6.07, 6.45) is 6.89. The van der Waals surface area contributed by atoms with E-state index in [2.05, 4.69) is 62.5 Å². The van der Waals surface area contributed by atoms with Crippen molar-refractivity contribution < 1.29 is 4.74 Å². The summed E-state index contributed by atoms with van der Waals surface area (Å²) in [6, 6.07) is 11.0. The van der Waals surface area contributed by atoms with Gasteiger partial charge < -0.3 is 30.1 Å². The number of anilines is 6. The van der Waals surface area contributed by atoms with Gasteiger partial charge in [0.1, 0.15) is 18.2 Å². The fourth-order valence-electron chi connectivity index (χ4n) is 5.77. The number of piperazine rings is 1. The minimum atomic E-state index is 0.554. The molecule has 200 valence electrons. The normalized spacial score (nSPS) is 18.3. The number of rotatable bonds is 6. The topological polar surface area (TPSA) is 81.7 Å². The minimum absolute atomic E-state index is 0.554. The van der Waals surface area contributed by atoms with Crippen molar-refractivity contribution in [1.29, 1.82) is 0 Å². The molecular formula is C29H38N8O. The first-order valence-corrected chi connectivity index (χ1v) is 13.9. The lowest BCUT2D eigenvalue weighted by Gasteiger charge is -2.35. The van der Waals surface area contributed by atoms with Crippen LogP contribution in [-0.2, 0) is 0 Å². The van der Waals surface area contributed by atoms with Crippen LogP contribution in [0, 0.1) is 13.8 Å². The number of pyridine rings is 1. The van der Waals surface area contributed by atoms with E-state index in [1.807, 2.05) is 25.3 Å². The molecule has 2 N–H and O–H groups in total. The second-order valence-corrected chi connectivity index (χ2v) is 10.8. The zero-order valence-electron chi connectivity index (χ0n) is 22.7. The second-order valence-electron chi connectivity index (χ2n) is 10.8. The van der Waals surface area contributed by atoms with Crippen molar-refractivity contribution in [2.24, 2.45) is 0 Å². The predicted molar refractivity (Wildman–Crippen MR) is 154 cm³/mol. The Labute approximate surface area is 225 Å². The van der Waals surface area contributed by atoms with Gasteiger partial charge in [-0.15, -0.1) is 0 Å². The van der Waals surface area contributed by atoms with Crippen LogP contribution in [-0.4, -0.2) is 72.3 Å². The largest absolute Gasteiger partial charge is 0.488 e. The number of fused-ring (bicyclic) bond motifs is 1. The highest BCUT2D eigenvalue weighted by atomic mass is 16.5. The van der Waals surface area contributed by atoms with Crippen molar-refractivity contribution in [3.8, 4) is 5.75 Å². The number of aryl methyl sites for hydroxylation is 2. The third-order valence-corrected chi connectivity index (χ3v) is 7.98. The maximum atomic E-state index is 5.92. The number of nitrogens with zero attached hydrogens (tertiary/aromatic N) is 6. The van der Waals surface area contributed by atoms with E-state index in [4.69, 9.17) is 14.7 Å². The average molecular weight is 515 g/mol. The summed E-state index contributed by atoms with van der Waals surface area (Å²) in [5, 5.41) is 6.82. The van der Waals surface area contributed by atoms with Gasteiger partial charge in [0.05, 0.1) is 6.54 Å². The molecule has 1 saturated heterocycles. The van der Waals surface area contributed by atoms with Crippen molar-refractivity contribution >= 4 is 34.8 Å². The van der Waals surface area contributed by atoms with Crippen LogP contribution in [0.15, 0.2) is 36.5 Å². The Morgan fingerprint density at radius 2 is 1.71 bits per heavy atom. The molecule has 2 aliphatic heterocycles. The fraction of sp³-hybridized carbons (Fsp3) is 0.483. The molecule has 1 saturated carbocycles. The van der Waals surface area contributed by atoms with E-state index in [0.717, 1.165) is 67.2 Å². The molecular weight excluding hydrogens is 476 g/mol. The number of ether oxygens (including phenoxy) is 1. The SMILES string of the molecule is Cc1cc(Nc2ncc(C)c(Nc3ccc4c(n3)N(C3CCCC3)CCO4)n2)ccc1N1CCN(C)CC1. The van der Waals surface area contributed by atoms with Crippen LogP contribution >= 0.6 is 0 Å². The predicted octanol–water partition coefficient (Wildman–Crippen LogP) is 4.87. The molecule has 0 spiro atoms. The van der Waals surface area contributed by atoms with E-state index in [-0.39, 0.29) is 0 Å². The van der Waals surface area contributed by atoms with Gasteiger partial charge in [0.2, 0.25) is 5.95 Å². The molecule has 1 aromatic carbocycles. The molecule has 6 rings (SSSR count). The Balaban J connectivity index is 1.18. The van der Waals surface area contributed by atoms with E-state index in [0.29, 0.717) is 18.6 Å². The highest BCUT2D eigenvalue weighted by Gasteiger charge is 2.29. The molecule has 38 heavy (non-hydrogen) atoms. The lowest BCUT2D eigenvalue weighted by Crippen LogP contribution is -2.44. The molecule has 0 unspecified atom stereocenters. The number of aromatic nitrogens is 3. The first-order valence-electron chi connectivity index (χ1n) is 13.9. The van der Waals surface area contributed by atoms with Crippen molar-refractivity contribution in [2.45, 2.75) is 45.6 Å². The van der Waals surface area contributed by atoms with E-state index in [9.17, 15) is 0 Å². The molecule has 0 radical (unpaired) electrons. The number of hydrogen-bond donors (Lipinski definition) is 2. The van der Waals surface area contributed by atoms with E-state index in [1.165, 1.54) is 36.9 Å². The zero-order chi connectivity index (χ0) is 26.1. The van der Waals surface area contributed by atoms with Crippen molar-refractivity contribution in [3.63, 3.8) is 0 Å². The molecule has 0 amide bonds. The van der Waals surface area contributed by atoms with E-state index < -0.39 is 0 Å². The monoisotopic (exact) mass is 514 g/mol. The standard InChI is InChI=1S/C29H38N8O/c1-20-18-22(8-9-24(20)36-14-12-35(3)13-15-36)31-29-30-19-21(2)27(34-29)32-26-11-10-25-28(33-26)37(16-17-38-25)23-6-4-5-7-23/h8-11,18-19,23H,4-7,12-17H2,1-3H3,(H2,30,31,32,33,34). The lowest BCUT2D eigenvalue weighted by molar-refractivity contribution is 0.297. The molecule has 2 fully saturated rings. The van der Waals surface area contributed by atoms with Crippen LogP contribution in [0.3, 0.4) is 0 Å². The molecule has 1 aliphatic carbocycles. The van der Waals surface area contributed by atoms with E-state index in [1.54, 1.807) is 0 Å². The molecule has 3 aromatic rings. The van der Waals surface area contributed by atoms with Gasteiger partial charge in [0.25, 0.3) is 0 Å². The summed E-state index contributed by atoms with van der Waals surface area (Å²) >= 11 is 0. The Bertz CT molecular complexity index is 1280. The Morgan fingerprint density at radius 3 is 2.50 bits per heavy atom. The van der Waals surface area contributed by atoms with Gasteiger partial charge in [-0.05, 0) is 69.6 Å². The van der Waals surface area contributed by atoms with Crippen LogP contribution < -0.4 is 25.2 Å². The summed E-state index contributed by atoms with van der Waals surface area (Å²) in [5.41, 5.74) is 4.48. The van der Waals surface area contributed by atoms with Crippen LogP contribution in [0.1, 0.15) is 36.8 Å². The summed E-state index contributed by atoms with van der Waals surface area (Å²) in [7, 11) is 2.18. The first-order chi connectivity index (χ1) is 18.5. The van der Waals surface area contributed by atoms with E-state index >= 15 is 0 Å². The van der Waals surface area contributed by atoms with Crippen molar-refractivity contribution in [3.05, 3.63) is 47.7 Å². The highest BCUT2D eigenvalue weighted by molar-refractivity contribution is 5.66. The van der Waals surface area contributed by atoms with Gasteiger partial charge in [-0.1, -0.05) is 12.8 Å². The third kappa shape index (κ3) is 5.20. The molecule has 3 aliphatic rings. The van der Waals surface area contributed by atoms with Gasteiger partial charge in [0.15, 0.2) is 11.6 Å². The molecule has 0 bridgehead atoms. The summed E-state index contributed by atoms with van der Waals surface area (Å²) in [6.45, 7) is 10.1. The van der Waals surface area contributed by atoms with Gasteiger partial charge in [0, 0.05) is 55.4 Å². The van der Waals surface area contributed by atoms with Gasteiger partial charge in [-0.25, -0.2) is 9.97 Å². The smallest absolute Gasteiger partial charge is 0.229 e. The van der Waals surface area contributed by atoms with Gasteiger partial charge >= 0.3 is 0 Å². The maximum absolute atomic E-state index is 5.92. The Morgan fingerprint density at radius 1 is 0.895 bits per heavy atom. The number of nitrogens with one attached hydrogen (secondary N) is 2. The number of likely N-dealkylation sites (N-methyl/N-ethyl adjacent to an activating group) is 1. The maximum Gasteiger partial charge on any atom is 0.229 e. The number of hydrogen-bond acceptors (Lipinski definition) is 9. The number of benzene rings is 1. The van der Waals surface area contributed by atoms with Gasteiger partial charge in [-0.3, -0.25) is 0 Å². The lowest BCUT2D eigenvalue weighted by atomic mass is 10.1. The second kappa shape index (κ2) is 10.6. The van der Waals surface area contributed by atoms with Crippen LogP contribution in [0.5, 0.6) is 5.75 Å². The summed E-state index contributed by atoms with van der Waals surface area (Å²) < 4.78 is 5.92. The van der Waals surface area contributed by atoms with Crippen LogP contribution in [0.25, 0.3) is 0 Å². The van der Waals surface area contributed by atoms with Crippen molar-refractivity contribution in [1.82, 2.24) is 19.9 Å². The van der Waals surface area contributed by atoms with Crippen LogP contribution in [0.4, 0.5) is 34.8 Å². The highest BCUT2D eigenvalue weighted by Crippen LogP contribution is 2.37. The first kappa shape index (κ1) is 24.7. The minimum Gasteiger partial charge on any atom is -0.488 e. The molecule has 4 heterocycles.